The topological polar surface area (TPSA) is 54.0 Å². The number of rotatable bonds is 5. The number of anilines is 1. The van der Waals surface area contributed by atoms with Crippen LogP contribution in [-0.2, 0) is 11.3 Å². The Kier molecular flexibility index (Phi) is 6.45. The highest BCUT2D eigenvalue weighted by atomic mass is 35.5. The van der Waals surface area contributed by atoms with Crippen molar-refractivity contribution in [2.24, 2.45) is 0 Å². The van der Waals surface area contributed by atoms with E-state index in [1.54, 1.807) is 12.1 Å². The fraction of sp³-hybridized carbons (Fsp3) is 0.348. The number of carbonyl (C=O) groups excluding carboxylic acids is 1. The summed E-state index contributed by atoms with van der Waals surface area (Å²) in [5, 5.41) is 3.46. The van der Waals surface area contributed by atoms with Crippen molar-refractivity contribution >= 4 is 29.3 Å². The van der Waals surface area contributed by atoms with Gasteiger partial charge in [-0.05, 0) is 42.4 Å². The van der Waals surface area contributed by atoms with E-state index in [0.717, 1.165) is 37.3 Å². The number of fused-ring (bicyclic) bond motifs is 1. The normalized spacial score (nSPS) is 16.7. The van der Waals surface area contributed by atoms with Crippen LogP contribution in [0, 0.1) is 0 Å². The predicted octanol–water partition coefficient (Wildman–Crippen LogP) is 3.19. The molecule has 0 aromatic heterocycles. The van der Waals surface area contributed by atoms with Crippen LogP contribution in [0.2, 0.25) is 5.02 Å². The second-order valence-corrected chi connectivity index (χ2v) is 7.90. The first-order chi connectivity index (χ1) is 14.6. The number of halogens is 1. The highest BCUT2D eigenvalue weighted by molar-refractivity contribution is 6.32. The monoisotopic (exact) mass is 427 g/mol. The highest BCUT2D eigenvalue weighted by Gasteiger charge is 2.17. The maximum atomic E-state index is 12.4. The lowest BCUT2D eigenvalue weighted by Crippen LogP contribution is -2.45. The Morgan fingerprint density at radius 2 is 1.90 bits per heavy atom. The van der Waals surface area contributed by atoms with E-state index in [0.29, 0.717) is 36.3 Å². The maximum Gasteiger partial charge on any atom is 0.244 e. The number of ether oxygens (including phenoxy) is 2. The first-order valence-electron chi connectivity index (χ1n) is 10.2. The number of amides is 1. The minimum Gasteiger partial charge on any atom is -0.486 e. The smallest absolute Gasteiger partial charge is 0.244 e. The number of likely N-dealkylation sites (N-methyl/N-ethyl adjacent to an activating group) is 1. The van der Waals surface area contributed by atoms with Crippen molar-refractivity contribution in [1.29, 1.82) is 0 Å². The zero-order valence-electron chi connectivity index (χ0n) is 17.1. The summed E-state index contributed by atoms with van der Waals surface area (Å²) in [7, 11) is 2.14. The summed E-state index contributed by atoms with van der Waals surface area (Å²) >= 11 is 6.26. The van der Waals surface area contributed by atoms with Gasteiger partial charge in [0.15, 0.2) is 11.5 Å². The van der Waals surface area contributed by atoms with Crippen LogP contribution in [-0.4, -0.2) is 57.2 Å². The summed E-state index contributed by atoms with van der Waals surface area (Å²) in [5.41, 5.74) is 3.09. The Morgan fingerprint density at radius 1 is 1.13 bits per heavy atom. The first kappa shape index (κ1) is 20.6. The molecule has 2 aromatic carbocycles. The zero-order chi connectivity index (χ0) is 20.9. The van der Waals surface area contributed by atoms with Crippen molar-refractivity contribution in [3.63, 3.8) is 0 Å². The third-order valence-corrected chi connectivity index (χ3v) is 5.62. The molecule has 30 heavy (non-hydrogen) atoms. The molecule has 2 aliphatic heterocycles. The Hall–Kier alpha value is -2.70. The van der Waals surface area contributed by atoms with Crippen molar-refractivity contribution in [2.75, 3.05) is 51.3 Å². The quantitative estimate of drug-likeness (QED) is 0.743. The lowest BCUT2D eigenvalue weighted by Gasteiger charge is -2.35. The third-order valence-electron chi connectivity index (χ3n) is 5.33. The molecule has 1 fully saturated rings. The largest absolute Gasteiger partial charge is 0.486 e. The van der Waals surface area contributed by atoms with Gasteiger partial charge in [0, 0.05) is 44.5 Å². The fourth-order valence-corrected chi connectivity index (χ4v) is 3.93. The van der Waals surface area contributed by atoms with Crippen LogP contribution < -0.4 is 19.7 Å². The minimum absolute atomic E-state index is 0.158. The maximum absolute atomic E-state index is 12.4. The lowest BCUT2D eigenvalue weighted by atomic mass is 10.1. The molecule has 0 bridgehead atoms. The molecule has 0 atom stereocenters. The molecule has 0 saturated carbocycles. The van der Waals surface area contributed by atoms with Gasteiger partial charge in [0.05, 0.1) is 5.02 Å². The average molecular weight is 428 g/mol. The van der Waals surface area contributed by atoms with Crippen LogP contribution in [0.4, 0.5) is 5.69 Å². The van der Waals surface area contributed by atoms with Crippen molar-refractivity contribution in [1.82, 2.24) is 10.2 Å². The molecule has 2 aliphatic rings. The molecule has 1 saturated heterocycles. The Bertz CT molecular complexity index is 939. The van der Waals surface area contributed by atoms with E-state index in [4.69, 9.17) is 21.1 Å². The molecular formula is C23H26ClN3O3. The fourth-order valence-electron chi connectivity index (χ4n) is 3.66. The van der Waals surface area contributed by atoms with Crippen LogP contribution in [0.1, 0.15) is 11.1 Å². The van der Waals surface area contributed by atoms with Gasteiger partial charge in [0.1, 0.15) is 13.2 Å². The van der Waals surface area contributed by atoms with E-state index in [1.165, 1.54) is 11.8 Å². The second kappa shape index (κ2) is 9.41. The molecule has 7 heteroatoms. The number of benzene rings is 2. The van der Waals surface area contributed by atoms with Gasteiger partial charge < -0.3 is 24.6 Å². The van der Waals surface area contributed by atoms with Gasteiger partial charge in [-0.25, -0.2) is 0 Å². The van der Waals surface area contributed by atoms with E-state index in [1.807, 2.05) is 18.2 Å². The first-order valence-corrected chi connectivity index (χ1v) is 10.5. The molecule has 158 valence electrons. The molecule has 0 aliphatic carbocycles. The molecule has 2 heterocycles. The van der Waals surface area contributed by atoms with Crippen LogP contribution >= 0.6 is 11.6 Å². The summed E-state index contributed by atoms with van der Waals surface area (Å²) in [6, 6.07) is 11.8. The van der Waals surface area contributed by atoms with Crippen molar-refractivity contribution in [3.8, 4) is 11.5 Å². The van der Waals surface area contributed by atoms with Gasteiger partial charge in [-0.15, -0.1) is 0 Å². The summed E-state index contributed by atoms with van der Waals surface area (Å²) in [5.74, 6) is 1.01. The molecule has 6 nitrogen and oxygen atoms in total. The van der Waals surface area contributed by atoms with E-state index < -0.39 is 0 Å². The third kappa shape index (κ3) is 4.89. The number of para-hydroxylation sites is 1. The van der Waals surface area contributed by atoms with E-state index in [9.17, 15) is 4.79 Å². The van der Waals surface area contributed by atoms with Crippen LogP contribution in [0.25, 0.3) is 6.08 Å². The van der Waals surface area contributed by atoms with Gasteiger partial charge in [0.25, 0.3) is 0 Å². The van der Waals surface area contributed by atoms with E-state index in [-0.39, 0.29) is 5.91 Å². The summed E-state index contributed by atoms with van der Waals surface area (Å²) in [6.07, 6.45) is 3.24. The van der Waals surface area contributed by atoms with Gasteiger partial charge in [-0.1, -0.05) is 29.8 Å². The zero-order valence-corrected chi connectivity index (χ0v) is 17.8. The minimum atomic E-state index is -0.158. The summed E-state index contributed by atoms with van der Waals surface area (Å²) in [4.78, 5) is 17.1. The summed E-state index contributed by atoms with van der Waals surface area (Å²) < 4.78 is 11.1. The Balaban J connectivity index is 1.38. The molecule has 0 radical (unpaired) electrons. The van der Waals surface area contributed by atoms with E-state index >= 15 is 0 Å². The number of nitrogens with one attached hydrogen (secondary N) is 1. The van der Waals surface area contributed by atoms with E-state index in [2.05, 4.69) is 34.3 Å². The van der Waals surface area contributed by atoms with Crippen molar-refractivity contribution < 1.29 is 14.3 Å². The molecule has 0 spiro atoms. The van der Waals surface area contributed by atoms with Crippen LogP contribution in [0.5, 0.6) is 11.5 Å². The predicted molar refractivity (Wildman–Crippen MR) is 119 cm³/mol. The highest BCUT2D eigenvalue weighted by Crippen LogP contribution is 2.38. The molecule has 1 N–H and O–H groups in total. The number of hydrogen-bond donors (Lipinski definition) is 1. The SMILES string of the molecule is CN1CCN(c2ccccc2CNC(=O)/C=C/c2cc(Cl)c3c(c2)OCCO3)CC1. The number of hydrogen-bond acceptors (Lipinski definition) is 5. The van der Waals surface area contributed by atoms with Gasteiger partial charge in [-0.3, -0.25) is 4.79 Å². The van der Waals surface area contributed by atoms with Gasteiger partial charge in [-0.2, -0.15) is 0 Å². The molecule has 0 unspecified atom stereocenters. The van der Waals surface area contributed by atoms with Crippen LogP contribution in [0.3, 0.4) is 0 Å². The number of nitrogens with zero attached hydrogens (tertiary/aromatic N) is 2. The standard InChI is InChI=1S/C23H26ClN3O3/c1-26-8-10-27(11-9-26)20-5-3-2-4-18(20)16-25-22(28)7-6-17-14-19(24)23-21(15-17)29-12-13-30-23/h2-7,14-15H,8-13,16H2,1H3,(H,25,28)/b7-6+. The second-order valence-electron chi connectivity index (χ2n) is 7.50. The molecular weight excluding hydrogens is 402 g/mol. The molecule has 4 rings (SSSR count). The number of carbonyl (C=O) groups is 1. The lowest BCUT2D eigenvalue weighted by molar-refractivity contribution is -0.116. The molecule has 1 amide bonds. The van der Waals surface area contributed by atoms with Crippen LogP contribution in [0.15, 0.2) is 42.5 Å². The van der Waals surface area contributed by atoms with Crippen molar-refractivity contribution in [3.05, 3.63) is 58.6 Å². The summed E-state index contributed by atoms with van der Waals surface area (Å²) in [6.45, 7) is 5.53. The van der Waals surface area contributed by atoms with Gasteiger partial charge >= 0.3 is 0 Å². The van der Waals surface area contributed by atoms with Crippen molar-refractivity contribution in [2.45, 2.75) is 6.54 Å². The Labute approximate surface area is 182 Å². The molecule has 2 aromatic rings. The average Bonchev–Trinajstić information content (AvgIpc) is 2.77. The Morgan fingerprint density at radius 3 is 2.73 bits per heavy atom. The number of piperazine rings is 1. The van der Waals surface area contributed by atoms with Gasteiger partial charge in [0.2, 0.25) is 5.91 Å².